The van der Waals surface area contributed by atoms with Crippen LogP contribution >= 0.6 is 0 Å². The summed E-state index contributed by atoms with van der Waals surface area (Å²) in [6.07, 6.45) is 3.52. The van der Waals surface area contributed by atoms with E-state index in [1.54, 1.807) is 13.0 Å². The van der Waals surface area contributed by atoms with Gasteiger partial charge in [-0.2, -0.15) is 0 Å². The van der Waals surface area contributed by atoms with E-state index in [9.17, 15) is 4.79 Å². The van der Waals surface area contributed by atoms with Gasteiger partial charge in [0.05, 0.1) is 0 Å². The summed E-state index contributed by atoms with van der Waals surface area (Å²) in [5.74, 6) is 0.626. The normalized spacial score (nSPS) is 14.3. The fourth-order valence-electron chi connectivity index (χ4n) is 0.891. The maximum atomic E-state index is 10.6. The molecule has 64 valence electrons. The first-order chi connectivity index (χ1) is 5.07. The summed E-state index contributed by atoms with van der Waals surface area (Å²) in [5.41, 5.74) is 0. The lowest BCUT2D eigenvalue weighted by Gasteiger charge is -2.14. The molecule has 0 saturated heterocycles. The molecule has 0 bridgehead atoms. The first-order valence-corrected chi connectivity index (χ1v) is 3.94. The van der Waals surface area contributed by atoms with Gasteiger partial charge in [0.1, 0.15) is 0 Å². The van der Waals surface area contributed by atoms with Crippen LogP contribution in [0.5, 0.6) is 0 Å². The van der Waals surface area contributed by atoms with Crippen LogP contribution in [0.1, 0.15) is 20.8 Å². The van der Waals surface area contributed by atoms with Crippen LogP contribution < -0.4 is 5.32 Å². The number of likely N-dealkylation sites (N-methyl/N-ethyl adjacent to an activating group) is 1. The molecular formula is C9H17NO. The second-order valence-electron chi connectivity index (χ2n) is 3.03. The number of allylic oxidation sites excluding steroid dienone is 1. The molecule has 0 aromatic carbocycles. The van der Waals surface area contributed by atoms with Crippen LogP contribution in [0, 0.1) is 5.92 Å². The van der Waals surface area contributed by atoms with Crippen LogP contribution in [-0.2, 0) is 4.79 Å². The van der Waals surface area contributed by atoms with Gasteiger partial charge in [0.25, 0.3) is 0 Å². The van der Waals surface area contributed by atoms with Crippen molar-refractivity contribution in [2.24, 2.45) is 5.92 Å². The lowest BCUT2D eigenvalue weighted by atomic mass is 10.0. The number of hydrogen-bond donors (Lipinski definition) is 1. The summed E-state index contributed by atoms with van der Waals surface area (Å²) in [7, 11) is 1.90. The molecule has 1 atom stereocenters. The average Bonchev–Trinajstić information content (AvgIpc) is 1.87. The van der Waals surface area contributed by atoms with E-state index in [4.69, 9.17) is 0 Å². The summed E-state index contributed by atoms with van der Waals surface area (Å²) in [4.78, 5) is 10.6. The molecule has 0 unspecified atom stereocenters. The van der Waals surface area contributed by atoms with E-state index in [0.717, 1.165) is 0 Å². The zero-order valence-corrected chi connectivity index (χ0v) is 7.72. The quantitative estimate of drug-likeness (QED) is 0.621. The Hall–Kier alpha value is -0.630. The highest BCUT2D eigenvalue weighted by atomic mass is 16.1. The van der Waals surface area contributed by atoms with Crippen molar-refractivity contribution in [3.8, 4) is 0 Å². The fourth-order valence-corrected chi connectivity index (χ4v) is 0.891. The van der Waals surface area contributed by atoms with E-state index >= 15 is 0 Å². The highest BCUT2D eigenvalue weighted by molar-refractivity contribution is 5.87. The molecule has 0 aromatic heterocycles. The average molecular weight is 155 g/mol. The van der Waals surface area contributed by atoms with Crippen molar-refractivity contribution in [2.75, 3.05) is 7.05 Å². The van der Waals surface area contributed by atoms with Crippen molar-refractivity contribution >= 4 is 5.78 Å². The summed E-state index contributed by atoms with van der Waals surface area (Å²) >= 11 is 0. The first kappa shape index (κ1) is 10.4. The molecule has 0 fully saturated rings. The van der Waals surface area contributed by atoms with E-state index in [0.29, 0.717) is 12.0 Å². The third-order valence-corrected chi connectivity index (χ3v) is 1.59. The smallest absolute Gasteiger partial charge is 0.152 e. The summed E-state index contributed by atoms with van der Waals surface area (Å²) in [5, 5.41) is 3.12. The van der Waals surface area contributed by atoms with Gasteiger partial charge in [-0.3, -0.25) is 4.79 Å². The van der Waals surface area contributed by atoms with Crippen molar-refractivity contribution < 1.29 is 4.79 Å². The number of ketones is 1. The highest BCUT2D eigenvalue weighted by Crippen LogP contribution is 2.01. The van der Waals surface area contributed by atoms with Gasteiger partial charge < -0.3 is 5.32 Å². The van der Waals surface area contributed by atoms with Gasteiger partial charge in [-0.05, 0) is 26.0 Å². The molecule has 0 aromatic rings. The molecule has 2 heteroatoms. The van der Waals surface area contributed by atoms with Crippen LogP contribution in [0.4, 0.5) is 0 Å². The van der Waals surface area contributed by atoms with Crippen LogP contribution in [0.25, 0.3) is 0 Å². The van der Waals surface area contributed by atoms with Crippen LogP contribution in [0.3, 0.4) is 0 Å². The van der Waals surface area contributed by atoms with Crippen molar-refractivity contribution in [2.45, 2.75) is 26.8 Å². The molecule has 0 aliphatic carbocycles. The Labute approximate surface area is 68.7 Å². The summed E-state index contributed by atoms with van der Waals surface area (Å²) < 4.78 is 0. The zero-order valence-electron chi connectivity index (χ0n) is 7.72. The number of carbonyl (C=O) groups excluding carboxylic acids is 1. The lowest BCUT2D eigenvalue weighted by molar-refractivity contribution is -0.112. The van der Waals surface area contributed by atoms with E-state index in [1.807, 2.05) is 13.1 Å². The highest BCUT2D eigenvalue weighted by Gasteiger charge is 2.05. The van der Waals surface area contributed by atoms with Gasteiger partial charge in [0.2, 0.25) is 0 Å². The summed E-state index contributed by atoms with van der Waals surface area (Å²) in [6.45, 7) is 5.79. The maximum absolute atomic E-state index is 10.6. The second-order valence-corrected chi connectivity index (χ2v) is 3.03. The predicted molar refractivity (Wildman–Crippen MR) is 47.5 cm³/mol. The van der Waals surface area contributed by atoms with E-state index in [2.05, 4.69) is 19.2 Å². The Morgan fingerprint density at radius 2 is 2.00 bits per heavy atom. The zero-order chi connectivity index (χ0) is 8.85. The monoisotopic (exact) mass is 155 g/mol. The van der Waals surface area contributed by atoms with Gasteiger partial charge in [0.15, 0.2) is 5.78 Å². The van der Waals surface area contributed by atoms with Gasteiger partial charge in [0, 0.05) is 6.04 Å². The number of nitrogens with one attached hydrogen (secondary N) is 1. The molecular weight excluding hydrogens is 138 g/mol. The summed E-state index contributed by atoms with van der Waals surface area (Å²) in [6, 6.07) is 0.305. The lowest BCUT2D eigenvalue weighted by Crippen LogP contribution is -2.28. The molecule has 0 heterocycles. The molecule has 0 aliphatic heterocycles. The molecule has 1 N–H and O–H groups in total. The van der Waals surface area contributed by atoms with Crippen molar-refractivity contribution in [1.29, 1.82) is 0 Å². The molecule has 0 spiro atoms. The van der Waals surface area contributed by atoms with Gasteiger partial charge in [-0.15, -0.1) is 0 Å². The molecule has 2 nitrogen and oxygen atoms in total. The Kier molecular flexibility index (Phi) is 4.79. The third kappa shape index (κ3) is 4.73. The molecule has 11 heavy (non-hydrogen) atoms. The first-order valence-electron chi connectivity index (χ1n) is 3.94. The Morgan fingerprint density at radius 3 is 2.27 bits per heavy atom. The standard InChI is InChI=1S/C9H17NO/c1-7(2)9(10-4)6-5-8(3)11/h5-7,9-10H,1-4H3/b6-5+/t9-/m1/s1. The maximum Gasteiger partial charge on any atom is 0.152 e. The van der Waals surface area contributed by atoms with E-state index in [-0.39, 0.29) is 5.78 Å². The van der Waals surface area contributed by atoms with E-state index < -0.39 is 0 Å². The van der Waals surface area contributed by atoms with Crippen molar-refractivity contribution in [3.05, 3.63) is 12.2 Å². The molecule has 0 amide bonds. The molecule has 0 radical (unpaired) electrons. The van der Waals surface area contributed by atoms with Gasteiger partial charge in [-0.25, -0.2) is 0 Å². The molecule has 0 aliphatic rings. The Bertz CT molecular complexity index is 150. The topological polar surface area (TPSA) is 29.1 Å². The van der Waals surface area contributed by atoms with E-state index in [1.165, 1.54) is 0 Å². The second kappa shape index (κ2) is 5.08. The third-order valence-electron chi connectivity index (χ3n) is 1.59. The van der Waals surface area contributed by atoms with Gasteiger partial charge >= 0.3 is 0 Å². The number of hydrogen-bond acceptors (Lipinski definition) is 2. The van der Waals surface area contributed by atoms with Gasteiger partial charge in [-0.1, -0.05) is 19.9 Å². The Balaban J connectivity index is 3.97. The van der Waals surface area contributed by atoms with Crippen molar-refractivity contribution in [3.63, 3.8) is 0 Å². The SMILES string of the molecule is CN[C@H](/C=C/C(C)=O)C(C)C. The number of carbonyl (C=O) groups is 1. The minimum absolute atomic E-state index is 0.103. The van der Waals surface area contributed by atoms with Crippen LogP contribution in [0.2, 0.25) is 0 Å². The number of rotatable bonds is 4. The molecule has 0 saturated carbocycles. The van der Waals surface area contributed by atoms with Crippen LogP contribution in [0.15, 0.2) is 12.2 Å². The van der Waals surface area contributed by atoms with Crippen molar-refractivity contribution in [1.82, 2.24) is 5.32 Å². The minimum Gasteiger partial charge on any atom is -0.313 e. The fraction of sp³-hybridized carbons (Fsp3) is 0.667. The molecule has 0 rings (SSSR count). The predicted octanol–water partition coefficient (Wildman–Crippen LogP) is 1.38. The minimum atomic E-state index is 0.103. The largest absolute Gasteiger partial charge is 0.313 e. The van der Waals surface area contributed by atoms with Crippen LogP contribution in [-0.4, -0.2) is 18.9 Å². The Morgan fingerprint density at radius 1 is 1.45 bits per heavy atom.